The Bertz CT molecular complexity index is 1380. The van der Waals surface area contributed by atoms with Crippen molar-refractivity contribution >= 4 is 33.4 Å². The van der Waals surface area contributed by atoms with Crippen molar-refractivity contribution in [3.8, 4) is 11.5 Å². The van der Waals surface area contributed by atoms with E-state index in [0.29, 0.717) is 50.8 Å². The number of hydrogen-bond donors (Lipinski definition) is 3. The molecule has 4 rings (SSSR count). The van der Waals surface area contributed by atoms with Gasteiger partial charge < -0.3 is 29.5 Å². The van der Waals surface area contributed by atoms with Gasteiger partial charge in [0.25, 0.3) is 0 Å². The first-order chi connectivity index (χ1) is 18.9. The van der Waals surface area contributed by atoms with Gasteiger partial charge in [-0.25, -0.2) is 13.8 Å². The van der Waals surface area contributed by atoms with Gasteiger partial charge in [-0.3, -0.25) is 9.59 Å². The third kappa shape index (κ3) is 6.68. The summed E-state index contributed by atoms with van der Waals surface area (Å²) in [6.07, 6.45) is 0.325. The first kappa shape index (κ1) is 29.6. The lowest BCUT2D eigenvalue weighted by molar-refractivity contribution is -0.890. The van der Waals surface area contributed by atoms with Crippen LogP contribution in [0.1, 0.15) is 29.0 Å². The Kier molecular flexibility index (Phi) is 8.91. The summed E-state index contributed by atoms with van der Waals surface area (Å²) in [5, 5.41) is 22.1. The number of rotatable bonds is 13. The number of halogens is 2. The van der Waals surface area contributed by atoms with Gasteiger partial charge in [-0.05, 0) is 36.1 Å². The van der Waals surface area contributed by atoms with E-state index in [1.807, 2.05) is 20.2 Å². The van der Waals surface area contributed by atoms with Crippen LogP contribution in [0.25, 0.3) is 10.2 Å². The molecular formula is C28H34F2N3O6S+. The predicted molar refractivity (Wildman–Crippen MR) is 146 cm³/mol. The number of carboxylic acid groups (broad SMARTS) is 1. The number of aliphatic hydroxyl groups excluding tert-OH is 1. The third-order valence-corrected chi connectivity index (χ3v) is 8.28. The van der Waals surface area contributed by atoms with E-state index in [2.05, 4.69) is 10.3 Å². The minimum atomic E-state index is -1.35. The highest BCUT2D eigenvalue weighted by Gasteiger charge is 2.46. The highest BCUT2D eigenvalue weighted by atomic mass is 32.1. The fourth-order valence-electron chi connectivity index (χ4n) is 5.14. The van der Waals surface area contributed by atoms with Crippen molar-refractivity contribution in [1.82, 2.24) is 10.3 Å². The molecule has 0 bridgehead atoms. The summed E-state index contributed by atoms with van der Waals surface area (Å²) in [5.74, 6) is -2.62. The molecule has 0 spiro atoms. The van der Waals surface area contributed by atoms with Crippen LogP contribution in [0.15, 0.2) is 24.3 Å². The smallest absolute Gasteiger partial charge is 0.304 e. The number of fused-ring (bicyclic) bond motifs is 2. The number of carbonyl (C=O) groups is 2. The van der Waals surface area contributed by atoms with Crippen LogP contribution in [-0.4, -0.2) is 79.1 Å². The van der Waals surface area contributed by atoms with Gasteiger partial charge in [0.1, 0.15) is 11.6 Å². The van der Waals surface area contributed by atoms with Crippen LogP contribution in [0.3, 0.4) is 0 Å². The normalized spacial score (nSPS) is 14.2. The van der Waals surface area contributed by atoms with Crippen molar-refractivity contribution in [3.63, 3.8) is 0 Å². The number of aromatic nitrogens is 1. The minimum Gasteiger partial charge on any atom is -0.493 e. The lowest BCUT2D eigenvalue weighted by Gasteiger charge is -2.28. The number of aliphatic hydroxyl groups is 1. The molecule has 1 amide bonds. The molecule has 1 aromatic heterocycles. The van der Waals surface area contributed by atoms with Crippen LogP contribution in [0, 0.1) is 17.0 Å². The molecule has 40 heavy (non-hydrogen) atoms. The molecule has 2 aromatic carbocycles. The van der Waals surface area contributed by atoms with Crippen LogP contribution in [0.4, 0.5) is 8.78 Å². The molecule has 3 aromatic rings. The Balaban J connectivity index is 1.44. The largest absolute Gasteiger partial charge is 0.493 e. The van der Waals surface area contributed by atoms with E-state index in [1.54, 1.807) is 13.2 Å². The average molecular weight is 579 g/mol. The molecule has 0 atom stereocenters. The van der Waals surface area contributed by atoms with Crippen LogP contribution in [0.2, 0.25) is 0 Å². The number of aliphatic carboxylic acids is 1. The second-order valence-corrected chi connectivity index (χ2v) is 11.9. The van der Waals surface area contributed by atoms with E-state index in [1.165, 1.54) is 11.3 Å². The van der Waals surface area contributed by atoms with Crippen molar-refractivity contribution in [2.75, 3.05) is 47.5 Å². The van der Waals surface area contributed by atoms with Crippen LogP contribution in [0.5, 0.6) is 11.5 Å². The van der Waals surface area contributed by atoms with Crippen molar-refractivity contribution < 1.29 is 42.5 Å². The summed E-state index contributed by atoms with van der Waals surface area (Å²) in [6, 6.07) is 5.68. The van der Waals surface area contributed by atoms with Gasteiger partial charge in [0.2, 0.25) is 5.91 Å². The zero-order valence-corrected chi connectivity index (χ0v) is 23.6. The Morgan fingerprint density at radius 1 is 1.10 bits per heavy atom. The average Bonchev–Trinajstić information content (AvgIpc) is 3.44. The summed E-state index contributed by atoms with van der Waals surface area (Å²) < 4.78 is 40.5. The van der Waals surface area contributed by atoms with Crippen LogP contribution >= 0.6 is 11.3 Å². The van der Waals surface area contributed by atoms with Crippen molar-refractivity contribution in [3.05, 3.63) is 52.0 Å². The number of likely N-dealkylation sites (N-methyl/N-ethyl adjacent to an activating group) is 1. The van der Waals surface area contributed by atoms with Crippen molar-refractivity contribution in [1.29, 1.82) is 0 Å². The van der Waals surface area contributed by atoms with Gasteiger partial charge in [0.15, 0.2) is 23.1 Å². The molecule has 0 radical (unpaired) electrons. The fraction of sp³-hybridized carbons (Fsp3) is 0.464. The summed E-state index contributed by atoms with van der Waals surface area (Å²) in [5.41, 5.74) is 0.192. The van der Waals surface area contributed by atoms with Gasteiger partial charge in [0, 0.05) is 18.6 Å². The van der Waals surface area contributed by atoms with E-state index in [4.69, 9.17) is 9.47 Å². The highest BCUT2D eigenvalue weighted by Crippen LogP contribution is 2.41. The number of thiazole rings is 1. The molecular weight excluding hydrogens is 544 g/mol. The maximum absolute atomic E-state index is 13.8. The van der Waals surface area contributed by atoms with Gasteiger partial charge in [-0.15, -0.1) is 11.3 Å². The van der Waals surface area contributed by atoms with Gasteiger partial charge in [-0.1, -0.05) is 0 Å². The molecule has 1 aliphatic carbocycles. The molecule has 12 heteroatoms. The van der Waals surface area contributed by atoms with Crippen LogP contribution in [-0.2, 0) is 29.0 Å². The maximum atomic E-state index is 13.8. The first-order valence-electron chi connectivity index (χ1n) is 13.0. The Hall–Kier alpha value is -3.35. The molecule has 0 saturated heterocycles. The Morgan fingerprint density at radius 3 is 2.38 bits per heavy atom. The molecule has 216 valence electrons. The molecule has 0 fully saturated rings. The topological polar surface area (TPSA) is 118 Å². The van der Waals surface area contributed by atoms with E-state index in [0.717, 1.165) is 29.8 Å². The summed E-state index contributed by atoms with van der Waals surface area (Å²) in [4.78, 5) is 29.5. The molecule has 9 nitrogen and oxygen atoms in total. The number of ether oxygens (including phenoxy) is 2. The fourth-order valence-corrected chi connectivity index (χ4v) is 6.05. The molecule has 0 saturated carbocycles. The summed E-state index contributed by atoms with van der Waals surface area (Å²) in [6.45, 7) is 2.15. The number of hydrogen-bond acceptors (Lipinski definition) is 7. The number of nitrogens with one attached hydrogen (secondary N) is 1. The second-order valence-electron chi connectivity index (χ2n) is 10.8. The second kappa shape index (κ2) is 12.0. The van der Waals surface area contributed by atoms with E-state index in [-0.39, 0.29) is 26.0 Å². The number of carbonyl (C=O) groups excluding carboxylic acids is 1. The third-order valence-electron chi connectivity index (χ3n) is 7.26. The van der Waals surface area contributed by atoms with E-state index in [9.17, 15) is 28.6 Å². The standard InChI is InChI=1S/C28H33F2N3O6S/c1-33(2,6-7-34)5-4-8-39-23-11-21-24(12-22(23)38-3)40-25(32-21)16-31-27(37)28(15-26(35)36)13-17-9-19(29)20(30)10-18(17)14-28/h9-12,34H,4-8,13-16H2,1-3H3,(H-,31,35,36,37)/p+1. The maximum Gasteiger partial charge on any atom is 0.304 e. The highest BCUT2D eigenvalue weighted by molar-refractivity contribution is 7.18. The van der Waals surface area contributed by atoms with E-state index < -0.39 is 35.3 Å². The van der Waals surface area contributed by atoms with Gasteiger partial charge in [-0.2, -0.15) is 0 Å². The van der Waals surface area contributed by atoms with Crippen LogP contribution < -0.4 is 14.8 Å². The number of carboxylic acids is 1. The molecule has 0 aliphatic heterocycles. The van der Waals surface area contributed by atoms with Gasteiger partial charge in [0.05, 0.1) is 69.6 Å². The first-order valence-corrected chi connectivity index (χ1v) is 13.8. The lowest BCUT2D eigenvalue weighted by atomic mass is 9.80. The quantitative estimate of drug-likeness (QED) is 0.210. The molecule has 0 unspecified atom stereocenters. The minimum absolute atomic E-state index is 0.00543. The lowest BCUT2D eigenvalue weighted by Crippen LogP contribution is -2.43. The van der Waals surface area contributed by atoms with Crippen molar-refractivity contribution in [2.24, 2.45) is 5.41 Å². The van der Waals surface area contributed by atoms with Crippen molar-refractivity contribution in [2.45, 2.75) is 32.2 Å². The Morgan fingerprint density at radius 2 is 1.77 bits per heavy atom. The predicted octanol–water partition coefficient (Wildman–Crippen LogP) is 3.30. The number of benzene rings is 2. The number of amides is 1. The summed E-state index contributed by atoms with van der Waals surface area (Å²) in [7, 11) is 5.65. The summed E-state index contributed by atoms with van der Waals surface area (Å²) >= 11 is 1.36. The van der Waals surface area contributed by atoms with E-state index >= 15 is 0 Å². The Labute approximate surface area is 234 Å². The monoisotopic (exact) mass is 578 g/mol. The number of methoxy groups -OCH3 is 1. The molecule has 3 N–H and O–H groups in total. The zero-order chi connectivity index (χ0) is 29.1. The molecule has 1 heterocycles. The molecule has 1 aliphatic rings. The number of nitrogens with zero attached hydrogens (tertiary/aromatic N) is 2. The zero-order valence-electron chi connectivity index (χ0n) is 22.8. The van der Waals surface area contributed by atoms with Gasteiger partial charge >= 0.3 is 5.97 Å². The number of quaternary nitrogens is 1. The SMILES string of the molecule is COc1cc2sc(CNC(=O)C3(CC(=O)O)Cc4cc(F)c(F)cc4C3)nc2cc1OCCC[N+](C)(C)CCO.